The Kier molecular flexibility index (Phi) is 2.83. The van der Waals surface area contributed by atoms with Crippen molar-refractivity contribution < 1.29 is 4.79 Å². The fraction of sp³-hybridized carbons (Fsp3) is 0.167. The van der Waals surface area contributed by atoms with Crippen LogP contribution in [0.3, 0.4) is 0 Å². The van der Waals surface area contributed by atoms with Gasteiger partial charge in [-0.2, -0.15) is 0 Å². The van der Waals surface area contributed by atoms with E-state index in [0.717, 1.165) is 0 Å². The molecule has 1 heterocycles. The van der Waals surface area contributed by atoms with Gasteiger partial charge in [-0.15, -0.1) is 0 Å². The van der Waals surface area contributed by atoms with E-state index in [9.17, 15) is 4.79 Å². The van der Waals surface area contributed by atoms with Crippen molar-refractivity contribution in [2.24, 2.45) is 0 Å². The molecule has 64 valence electrons. The molecular formula is C6H5Cl2N3O. The van der Waals surface area contributed by atoms with Crippen LogP contribution in [0, 0.1) is 0 Å². The van der Waals surface area contributed by atoms with E-state index in [1.807, 2.05) is 0 Å². The van der Waals surface area contributed by atoms with E-state index < -0.39 is 0 Å². The number of nitrogens with one attached hydrogen (secondary N) is 1. The Labute approximate surface area is 78.9 Å². The molecule has 1 aromatic rings. The molecule has 12 heavy (non-hydrogen) atoms. The second kappa shape index (κ2) is 3.69. The number of nitrogens with zero attached hydrogens (tertiary/aromatic N) is 2. The lowest BCUT2D eigenvalue weighted by Crippen LogP contribution is -2.07. The maximum absolute atomic E-state index is 10.6. The third-order valence-corrected chi connectivity index (χ3v) is 1.63. The lowest BCUT2D eigenvalue weighted by molar-refractivity contribution is -0.114. The van der Waals surface area contributed by atoms with Crippen LogP contribution < -0.4 is 5.32 Å². The van der Waals surface area contributed by atoms with Crippen LogP contribution in [0.25, 0.3) is 0 Å². The lowest BCUT2D eigenvalue weighted by Gasteiger charge is -2.03. The minimum Gasteiger partial charge on any atom is -0.321 e. The maximum Gasteiger partial charge on any atom is 0.221 e. The number of hydrogen-bond acceptors (Lipinski definition) is 3. The summed E-state index contributed by atoms with van der Waals surface area (Å²) in [6, 6.07) is 0. The van der Waals surface area contributed by atoms with Gasteiger partial charge in [0.05, 0.1) is 0 Å². The minimum absolute atomic E-state index is 0.130. The summed E-state index contributed by atoms with van der Waals surface area (Å²) in [5.74, 6) is -0.270. The third-order valence-electron chi connectivity index (χ3n) is 1.06. The summed E-state index contributed by atoms with van der Waals surface area (Å²) in [5, 5.41) is 2.67. The normalized spacial score (nSPS) is 9.58. The van der Waals surface area contributed by atoms with Crippen molar-refractivity contribution in [2.75, 3.05) is 5.32 Å². The summed E-state index contributed by atoms with van der Waals surface area (Å²) in [6.45, 7) is 1.35. The van der Waals surface area contributed by atoms with Gasteiger partial charge in [0, 0.05) is 6.92 Å². The van der Waals surface area contributed by atoms with E-state index in [1.54, 1.807) is 0 Å². The molecule has 0 atom stereocenters. The van der Waals surface area contributed by atoms with Crippen LogP contribution in [-0.4, -0.2) is 15.9 Å². The molecule has 0 bridgehead atoms. The smallest absolute Gasteiger partial charge is 0.221 e. The van der Waals surface area contributed by atoms with Crippen LogP contribution in [0.15, 0.2) is 6.33 Å². The molecule has 6 heteroatoms. The zero-order chi connectivity index (χ0) is 9.14. The van der Waals surface area contributed by atoms with E-state index in [2.05, 4.69) is 15.3 Å². The van der Waals surface area contributed by atoms with E-state index >= 15 is 0 Å². The lowest BCUT2D eigenvalue weighted by atomic mass is 10.5. The monoisotopic (exact) mass is 205 g/mol. The molecular weight excluding hydrogens is 201 g/mol. The summed E-state index contributed by atoms with van der Waals surface area (Å²) >= 11 is 11.2. The average molecular weight is 206 g/mol. The fourth-order valence-corrected chi connectivity index (χ4v) is 1.03. The highest BCUT2D eigenvalue weighted by molar-refractivity contribution is 6.38. The van der Waals surface area contributed by atoms with Crippen molar-refractivity contribution in [3.63, 3.8) is 0 Å². The molecule has 0 radical (unpaired) electrons. The second-order valence-corrected chi connectivity index (χ2v) is 2.73. The number of carbonyl (C=O) groups is 1. The van der Waals surface area contributed by atoms with Crippen molar-refractivity contribution in [1.82, 2.24) is 9.97 Å². The number of rotatable bonds is 1. The van der Waals surface area contributed by atoms with Crippen LogP contribution in [0.5, 0.6) is 0 Å². The summed E-state index contributed by atoms with van der Waals surface area (Å²) < 4.78 is 0. The molecule has 0 aliphatic heterocycles. The molecule has 0 aromatic carbocycles. The standard InChI is InChI=1S/C6H5Cl2N3O/c1-3(12)11-4-5(7)9-2-10-6(4)8/h2H,1H3,(H,11,12). The highest BCUT2D eigenvalue weighted by Crippen LogP contribution is 2.25. The number of aromatic nitrogens is 2. The first-order valence-corrected chi connectivity index (χ1v) is 3.80. The van der Waals surface area contributed by atoms with E-state index in [0.29, 0.717) is 0 Å². The summed E-state index contributed by atoms with van der Waals surface area (Å²) in [5.41, 5.74) is 0.244. The highest BCUT2D eigenvalue weighted by Gasteiger charge is 2.08. The van der Waals surface area contributed by atoms with Crippen molar-refractivity contribution in [1.29, 1.82) is 0 Å². The molecule has 1 aromatic heterocycles. The topological polar surface area (TPSA) is 54.9 Å². The largest absolute Gasteiger partial charge is 0.321 e. The molecule has 4 nitrogen and oxygen atoms in total. The predicted octanol–water partition coefficient (Wildman–Crippen LogP) is 1.74. The van der Waals surface area contributed by atoms with Gasteiger partial charge in [-0.05, 0) is 0 Å². The first-order valence-electron chi connectivity index (χ1n) is 3.05. The van der Waals surface area contributed by atoms with Crippen molar-refractivity contribution in [2.45, 2.75) is 6.92 Å². The van der Waals surface area contributed by atoms with Gasteiger partial charge in [0.15, 0.2) is 10.3 Å². The van der Waals surface area contributed by atoms with Crippen LogP contribution in [0.4, 0.5) is 5.69 Å². The molecule has 0 saturated carbocycles. The van der Waals surface area contributed by atoms with Crippen LogP contribution >= 0.6 is 23.2 Å². The Bertz CT molecular complexity index is 295. The van der Waals surface area contributed by atoms with E-state index in [4.69, 9.17) is 23.2 Å². The molecule has 1 amide bonds. The average Bonchev–Trinajstić information content (AvgIpc) is 1.97. The highest BCUT2D eigenvalue weighted by atomic mass is 35.5. The van der Waals surface area contributed by atoms with Gasteiger partial charge in [0.2, 0.25) is 5.91 Å². The number of hydrogen-bond donors (Lipinski definition) is 1. The van der Waals surface area contributed by atoms with Crippen molar-refractivity contribution in [3.05, 3.63) is 16.6 Å². The van der Waals surface area contributed by atoms with Gasteiger partial charge in [0.25, 0.3) is 0 Å². The molecule has 0 unspecified atom stereocenters. The van der Waals surface area contributed by atoms with Crippen LogP contribution in [0.1, 0.15) is 6.92 Å². The zero-order valence-corrected chi connectivity index (χ0v) is 7.65. The van der Waals surface area contributed by atoms with E-state index in [1.165, 1.54) is 13.3 Å². The van der Waals surface area contributed by atoms with Crippen LogP contribution in [0.2, 0.25) is 10.3 Å². The Morgan fingerprint density at radius 2 is 1.92 bits per heavy atom. The van der Waals surface area contributed by atoms with Gasteiger partial charge >= 0.3 is 0 Å². The zero-order valence-electron chi connectivity index (χ0n) is 6.14. The van der Waals surface area contributed by atoms with E-state index in [-0.39, 0.29) is 21.9 Å². The maximum atomic E-state index is 10.6. The number of halogens is 2. The van der Waals surface area contributed by atoms with Crippen molar-refractivity contribution in [3.8, 4) is 0 Å². The number of carbonyl (C=O) groups excluding carboxylic acids is 1. The first kappa shape index (κ1) is 9.22. The molecule has 0 spiro atoms. The number of amides is 1. The SMILES string of the molecule is CC(=O)Nc1c(Cl)ncnc1Cl. The quantitative estimate of drug-likeness (QED) is 0.712. The van der Waals surface area contributed by atoms with Gasteiger partial charge in [-0.3, -0.25) is 4.79 Å². The molecule has 0 fully saturated rings. The first-order chi connectivity index (χ1) is 5.61. The van der Waals surface area contributed by atoms with Gasteiger partial charge in [-0.1, -0.05) is 23.2 Å². The summed E-state index contributed by atoms with van der Waals surface area (Å²) in [7, 11) is 0. The van der Waals surface area contributed by atoms with Gasteiger partial charge in [-0.25, -0.2) is 9.97 Å². The third kappa shape index (κ3) is 2.06. The fourth-order valence-electron chi connectivity index (χ4n) is 0.624. The molecule has 0 aliphatic carbocycles. The Morgan fingerprint density at radius 1 is 1.42 bits per heavy atom. The summed E-state index contributed by atoms with van der Waals surface area (Å²) in [4.78, 5) is 17.9. The minimum atomic E-state index is -0.270. The number of anilines is 1. The van der Waals surface area contributed by atoms with Gasteiger partial charge in [0.1, 0.15) is 12.0 Å². The Hall–Kier alpha value is -0.870. The van der Waals surface area contributed by atoms with Crippen LogP contribution in [-0.2, 0) is 4.79 Å². The molecule has 1 rings (SSSR count). The Morgan fingerprint density at radius 3 is 2.33 bits per heavy atom. The molecule has 1 N–H and O–H groups in total. The van der Waals surface area contributed by atoms with Crippen molar-refractivity contribution >= 4 is 34.8 Å². The molecule has 0 saturated heterocycles. The molecule has 0 aliphatic rings. The Balaban J connectivity index is 3.04. The second-order valence-electron chi connectivity index (χ2n) is 2.01. The van der Waals surface area contributed by atoms with Gasteiger partial charge < -0.3 is 5.32 Å². The summed E-state index contributed by atoms with van der Waals surface area (Å²) in [6.07, 6.45) is 1.22. The predicted molar refractivity (Wildman–Crippen MR) is 46.4 cm³/mol.